The first-order valence-electron chi connectivity index (χ1n) is 5.41. The van der Waals surface area contributed by atoms with E-state index < -0.39 is 0 Å². The van der Waals surface area contributed by atoms with Crippen LogP contribution < -0.4 is 5.73 Å². The van der Waals surface area contributed by atoms with Crippen LogP contribution in [-0.2, 0) is 6.54 Å². The van der Waals surface area contributed by atoms with Crippen LogP contribution in [0.2, 0.25) is 10.0 Å². The van der Waals surface area contributed by atoms with E-state index in [1.165, 1.54) is 0 Å². The molecule has 0 saturated carbocycles. The molecule has 2 aromatic rings. The molecule has 0 spiro atoms. The summed E-state index contributed by atoms with van der Waals surface area (Å²) >= 11 is 12.1. The molecule has 1 heterocycles. The van der Waals surface area contributed by atoms with Crippen molar-refractivity contribution in [3.05, 3.63) is 57.8 Å². The molecule has 1 aromatic carbocycles. The summed E-state index contributed by atoms with van der Waals surface area (Å²) in [6.07, 6.45) is 4.03. The fraction of sp³-hybridized carbons (Fsp3) is 0.231. The van der Waals surface area contributed by atoms with Gasteiger partial charge in [0.05, 0.1) is 0 Å². The van der Waals surface area contributed by atoms with Crippen LogP contribution in [0.15, 0.2) is 36.7 Å². The molecule has 4 heteroatoms. The number of hydrogen-bond donors (Lipinski definition) is 1. The molecule has 2 N–H and O–H groups in total. The lowest BCUT2D eigenvalue weighted by Gasteiger charge is -2.06. The van der Waals surface area contributed by atoms with Crippen LogP contribution in [0.5, 0.6) is 0 Å². The Morgan fingerprint density at radius 1 is 1.29 bits per heavy atom. The summed E-state index contributed by atoms with van der Waals surface area (Å²) < 4.78 is 2.05. The van der Waals surface area contributed by atoms with E-state index in [-0.39, 0.29) is 6.04 Å². The van der Waals surface area contributed by atoms with Gasteiger partial charge in [0.1, 0.15) is 0 Å². The predicted molar refractivity (Wildman–Crippen MR) is 72.6 cm³/mol. The third kappa shape index (κ3) is 3.03. The molecule has 0 aliphatic heterocycles. The molecule has 0 aliphatic rings. The number of nitrogens with zero attached hydrogens (tertiary/aromatic N) is 1. The van der Waals surface area contributed by atoms with Crippen LogP contribution >= 0.6 is 23.2 Å². The van der Waals surface area contributed by atoms with E-state index in [4.69, 9.17) is 28.9 Å². The summed E-state index contributed by atoms with van der Waals surface area (Å²) in [7, 11) is 0. The van der Waals surface area contributed by atoms with Gasteiger partial charge in [-0.15, -0.1) is 0 Å². The van der Waals surface area contributed by atoms with Gasteiger partial charge in [-0.05, 0) is 42.3 Å². The highest BCUT2D eigenvalue weighted by Gasteiger charge is 2.05. The molecule has 1 atom stereocenters. The third-order valence-corrected chi connectivity index (χ3v) is 3.26. The first-order chi connectivity index (χ1) is 8.06. The summed E-state index contributed by atoms with van der Waals surface area (Å²) in [6.45, 7) is 2.66. The van der Waals surface area contributed by atoms with Crippen LogP contribution in [0.1, 0.15) is 24.1 Å². The number of hydrogen-bond acceptors (Lipinski definition) is 1. The minimum Gasteiger partial charge on any atom is -0.350 e. The SMILES string of the molecule is CC(N)c1ccn(Cc2cc(Cl)ccc2Cl)c1. The van der Waals surface area contributed by atoms with E-state index in [0.29, 0.717) is 11.6 Å². The maximum Gasteiger partial charge on any atom is 0.0485 e. The van der Waals surface area contributed by atoms with E-state index in [9.17, 15) is 0 Å². The van der Waals surface area contributed by atoms with Crippen molar-refractivity contribution in [2.45, 2.75) is 19.5 Å². The second kappa shape index (κ2) is 5.13. The first-order valence-corrected chi connectivity index (χ1v) is 6.17. The zero-order valence-electron chi connectivity index (χ0n) is 9.53. The largest absolute Gasteiger partial charge is 0.350 e. The minimum atomic E-state index is 0.0473. The lowest BCUT2D eigenvalue weighted by atomic mass is 10.2. The Hall–Kier alpha value is -0.960. The molecule has 0 fully saturated rings. The maximum atomic E-state index is 6.12. The summed E-state index contributed by atoms with van der Waals surface area (Å²) in [5.41, 5.74) is 7.93. The quantitative estimate of drug-likeness (QED) is 0.901. The number of benzene rings is 1. The molecule has 2 rings (SSSR count). The van der Waals surface area contributed by atoms with Gasteiger partial charge in [-0.25, -0.2) is 0 Å². The van der Waals surface area contributed by atoms with Gasteiger partial charge in [0.25, 0.3) is 0 Å². The van der Waals surface area contributed by atoms with Crippen molar-refractivity contribution in [1.29, 1.82) is 0 Å². The van der Waals surface area contributed by atoms with E-state index in [1.807, 2.05) is 37.5 Å². The minimum absolute atomic E-state index is 0.0473. The monoisotopic (exact) mass is 268 g/mol. The van der Waals surface area contributed by atoms with Gasteiger partial charge in [-0.2, -0.15) is 0 Å². The Morgan fingerprint density at radius 2 is 2.06 bits per heavy atom. The van der Waals surface area contributed by atoms with E-state index in [0.717, 1.165) is 16.1 Å². The molecule has 0 bridgehead atoms. The summed E-state index contributed by atoms with van der Waals surface area (Å²) in [4.78, 5) is 0. The van der Waals surface area contributed by atoms with Gasteiger partial charge in [-0.3, -0.25) is 0 Å². The van der Waals surface area contributed by atoms with Crippen molar-refractivity contribution < 1.29 is 0 Å². The molecular formula is C13H14Cl2N2. The Kier molecular flexibility index (Phi) is 3.77. The smallest absolute Gasteiger partial charge is 0.0485 e. The molecular weight excluding hydrogens is 255 g/mol. The second-order valence-electron chi connectivity index (χ2n) is 4.14. The summed E-state index contributed by atoms with van der Waals surface area (Å²) in [5.74, 6) is 0. The average molecular weight is 269 g/mol. The van der Waals surface area contributed by atoms with Crippen LogP contribution in [0.25, 0.3) is 0 Å². The zero-order chi connectivity index (χ0) is 12.4. The fourth-order valence-corrected chi connectivity index (χ4v) is 2.06. The number of rotatable bonds is 3. The van der Waals surface area contributed by atoms with Crippen LogP contribution in [0.4, 0.5) is 0 Å². The second-order valence-corrected chi connectivity index (χ2v) is 4.99. The standard InChI is InChI=1S/C13H14Cl2N2/c1-9(16)10-4-5-17(7-10)8-11-6-12(14)2-3-13(11)15/h2-7,9H,8,16H2,1H3. The van der Waals surface area contributed by atoms with Gasteiger partial charge in [0.2, 0.25) is 0 Å². The topological polar surface area (TPSA) is 30.9 Å². The summed E-state index contributed by atoms with van der Waals surface area (Å²) in [5, 5.41) is 1.43. The molecule has 1 unspecified atom stereocenters. The van der Waals surface area contributed by atoms with E-state index in [1.54, 1.807) is 6.07 Å². The number of aromatic nitrogens is 1. The summed E-state index contributed by atoms with van der Waals surface area (Å²) in [6, 6.07) is 7.55. The Bertz CT molecular complexity index is 518. The van der Waals surface area contributed by atoms with Gasteiger partial charge in [0.15, 0.2) is 0 Å². The highest BCUT2D eigenvalue weighted by Crippen LogP contribution is 2.22. The molecule has 90 valence electrons. The van der Waals surface area contributed by atoms with Crippen LogP contribution in [0, 0.1) is 0 Å². The van der Waals surface area contributed by atoms with Gasteiger partial charge in [-0.1, -0.05) is 23.2 Å². The van der Waals surface area contributed by atoms with Crippen molar-refractivity contribution in [3.8, 4) is 0 Å². The molecule has 0 aliphatic carbocycles. The van der Waals surface area contributed by atoms with E-state index in [2.05, 4.69) is 4.57 Å². The van der Waals surface area contributed by atoms with Crippen LogP contribution in [-0.4, -0.2) is 4.57 Å². The number of halogens is 2. The van der Waals surface area contributed by atoms with Gasteiger partial charge in [0, 0.05) is 35.0 Å². The molecule has 2 nitrogen and oxygen atoms in total. The number of nitrogens with two attached hydrogens (primary N) is 1. The maximum absolute atomic E-state index is 6.12. The van der Waals surface area contributed by atoms with E-state index >= 15 is 0 Å². The molecule has 17 heavy (non-hydrogen) atoms. The highest BCUT2D eigenvalue weighted by molar-refractivity contribution is 6.33. The van der Waals surface area contributed by atoms with Crippen molar-refractivity contribution in [3.63, 3.8) is 0 Å². The normalized spacial score (nSPS) is 12.7. The predicted octanol–water partition coefficient (Wildman–Crippen LogP) is 3.86. The van der Waals surface area contributed by atoms with Crippen molar-refractivity contribution >= 4 is 23.2 Å². The highest BCUT2D eigenvalue weighted by atomic mass is 35.5. The van der Waals surface area contributed by atoms with Crippen LogP contribution in [0.3, 0.4) is 0 Å². The average Bonchev–Trinajstić information content (AvgIpc) is 2.72. The first kappa shape index (κ1) is 12.5. The van der Waals surface area contributed by atoms with Gasteiger partial charge >= 0.3 is 0 Å². The van der Waals surface area contributed by atoms with Gasteiger partial charge < -0.3 is 10.3 Å². The Morgan fingerprint density at radius 3 is 2.71 bits per heavy atom. The lowest BCUT2D eigenvalue weighted by molar-refractivity contribution is 0.778. The molecule has 1 aromatic heterocycles. The molecule has 0 amide bonds. The Labute approximate surface area is 111 Å². The lowest BCUT2D eigenvalue weighted by Crippen LogP contribution is -2.04. The molecule has 0 radical (unpaired) electrons. The zero-order valence-corrected chi connectivity index (χ0v) is 11.0. The van der Waals surface area contributed by atoms with Crippen molar-refractivity contribution in [1.82, 2.24) is 4.57 Å². The third-order valence-electron chi connectivity index (χ3n) is 2.66. The molecule has 0 saturated heterocycles. The van der Waals surface area contributed by atoms with Crippen molar-refractivity contribution in [2.75, 3.05) is 0 Å². The van der Waals surface area contributed by atoms with Crippen molar-refractivity contribution in [2.24, 2.45) is 5.73 Å². The fourth-order valence-electron chi connectivity index (χ4n) is 1.69. The Balaban J connectivity index is 2.22.